The molecule has 1 aromatic carbocycles. The molecule has 0 radical (unpaired) electrons. The van der Waals surface area contributed by atoms with Crippen LogP contribution in [0.2, 0.25) is 5.02 Å². The van der Waals surface area contributed by atoms with Crippen molar-refractivity contribution < 1.29 is 20.2 Å². The number of hydrogen-bond donors (Lipinski definition) is 3. The Morgan fingerprint density at radius 3 is 2.59 bits per heavy atom. The van der Waals surface area contributed by atoms with Crippen molar-refractivity contribution in [2.24, 2.45) is 0 Å². The zero-order valence-corrected chi connectivity index (χ0v) is 9.54. The van der Waals surface area contributed by atoms with Gasteiger partial charge in [0.2, 0.25) is 0 Å². The lowest BCUT2D eigenvalue weighted by Crippen LogP contribution is -2.19. The molecule has 0 aliphatic rings. The van der Waals surface area contributed by atoms with Crippen LogP contribution in [-0.4, -0.2) is 33.0 Å². The van der Waals surface area contributed by atoms with Crippen LogP contribution in [0.25, 0.3) is 0 Å². The fraction of sp³-hybridized carbons (Fsp3) is 0.400. The molecule has 0 saturated carbocycles. The first-order valence-electron chi connectivity index (χ1n) is 4.88. The van der Waals surface area contributed by atoms with Gasteiger partial charge in [-0.1, -0.05) is 17.7 Å². The summed E-state index contributed by atoms with van der Waals surface area (Å²) in [5.41, 5.74) is -0.151. The van der Waals surface area contributed by atoms with E-state index in [1.807, 2.05) is 0 Å². The van der Waals surface area contributed by atoms with Crippen molar-refractivity contribution in [3.05, 3.63) is 38.9 Å². The third kappa shape index (κ3) is 3.37. The Balaban J connectivity index is 2.99. The predicted molar refractivity (Wildman–Crippen MR) is 60.8 cm³/mol. The van der Waals surface area contributed by atoms with E-state index in [-0.39, 0.29) is 29.3 Å². The van der Waals surface area contributed by atoms with Gasteiger partial charge in [-0.3, -0.25) is 10.1 Å². The maximum absolute atomic E-state index is 10.6. The molecule has 6 nitrogen and oxygen atoms in total. The molecule has 2 unspecified atom stereocenters. The van der Waals surface area contributed by atoms with Crippen LogP contribution in [0, 0.1) is 10.1 Å². The quantitative estimate of drug-likeness (QED) is 0.542. The van der Waals surface area contributed by atoms with Crippen LogP contribution in [0.1, 0.15) is 18.1 Å². The molecule has 0 aliphatic heterocycles. The van der Waals surface area contributed by atoms with Gasteiger partial charge in [0.15, 0.2) is 0 Å². The maximum atomic E-state index is 10.6. The molecule has 7 heteroatoms. The summed E-state index contributed by atoms with van der Waals surface area (Å²) in [7, 11) is 0. The fourth-order valence-electron chi connectivity index (χ4n) is 1.37. The van der Waals surface area contributed by atoms with E-state index in [9.17, 15) is 20.3 Å². The molecule has 0 aromatic heterocycles. The van der Waals surface area contributed by atoms with Gasteiger partial charge in [-0.05, 0) is 18.1 Å². The second kappa shape index (κ2) is 5.92. The first-order chi connectivity index (χ1) is 7.97. The monoisotopic (exact) mass is 261 g/mol. The third-order valence-electron chi connectivity index (χ3n) is 2.30. The van der Waals surface area contributed by atoms with E-state index in [0.29, 0.717) is 0 Å². The van der Waals surface area contributed by atoms with E-state index in [0.717, 1.165) is 6.07 Å². The van der Waals surface area contributed by atoms with Crippen LogP contribution >= 0.6 is 11.6 Å². The first-order valence-corrected chi connectivity index (χ1v) is 5.26. The number of nitro groups is 1. The average Bonchev–Trinajstić information content (AvgIpc) is 2.28. The Bertz CT molecular complexity index is 412. The SMILES string of the molecule is O=[N+]([O-])c1cc(C(O)C(O)CCO)ccc1Cl. The lowest BCUT2D eigenvalue weighted by atomic mass is 10.0. The van der Waals surface area contributed by atoms with Crippen LogP contribution < -0.4 is 0 Å². The number of rotatable bonds is 5. The molecule has 17 heavy (non-hydrogen) atoms. The number of nitrogens with zero attached hydrogens (tertiary/aromatic N) is 1. The van der Waals surface area contributed by atoms with E-state index in [1.165, 1.54) is 12.1 Å². The van der Waals surface area contributed by atoms with Crippen molar-refractivity contribution in [1.82, 2.24) is 0 Å². The highest BCUT2D eigenvalue weighted by Crippen LogP contribution is 2.29. The van der Waals surface area contributed by atoms with Gasteiger partial charge in [0.25, 0.3) is 5.69 Å². The number of halogens is 1. The standard InChI is InChI=1S/C10H12ClNO5/c11-7-2-1-6(5-8(7)12(16)17)10(15)9(14)3-4-13/h1-2,5,9-10,13-15H,3-4H2. The van der Waals surface area contributed by atoms with Crippen molar-refractivity contribution >= 4 is 17.3 Å². The zero-order chi connectivity index (χ0) is 13.0. The van der Waals surface area contributed by atoms with Crippen molar-refractivity contribution in [2.75, 3.05) is 6.61 Å². The van der Waals surface area contributed by atoms with Gasteiger partial charge in [0.1, 0.15) is 11.1 Å². The van der Waals surface area contributed by atoms with Gasteiger partial charge in [0, 0.05) is 12.7 Å². The topological polar surface area (TPSA) is 104 Å². The lowest BCUT2D eigenvalue weighted by Gasteiger charge is -2.17. The van der Waals surface area contributed by atoms with Gasteiger partial charge >= 0.3 is 0 Å². The molecule has 0 amide bonds. The number of aliphatic hydroxyl groups is 3. The molecule has 94 valence electrons. The number of benzene rings is 1. The van der Waals surface area contributed by atoms with Crippen LogP contribution in [0.3, 0.4) is 0 Å². The predicted octanol–water partition coefficient (Wildman–Crippen LogP) is 1.02. The van der Waals surface area contributed by atoms with E-state index in [2.05, 4.69) is 0 Å². The summed E-state index contributed by atoms with van der Waals surface area (Å²) in [6, 6.07) is 3.78. The second-order valence-corrected chi connectivity index (χ2v) is 3.90. The largest absolute Gasteiger partial charge is 0.396 e. The molecule has 2 atom stereocenters. The van der Waals surface area contributed by atoms with Crippen LogP contribution in [0.15, 0.2) is 18.2 Å². The molecule has 0 fully saturated rings. The summed E-state index contributed by atoms with van der Waals surface area (Å²) in [4.78, 5) is 9.96. The molecule has 3 N–H and O–H groups in total. The highest BCUT2D eigenvalue weighted by Gasteiger charge is 2.21. The Labute approximate surface area is 102 Å². The Morgan fingerprint density at radius 1 is 1.41 bits per heavy atom. The van der Waals surface area contributed by atoms with E-state index in [1.54, 1.807) is 0 Å². The van der Waals surface area contributed by atoms with Gasteiger partial charge in [-0.25, -0.2) is 0 Å². The second-order valence-electron chi connectivity index (χ2n) is 3.49. The molecule has 1 aromatic rings. The summed E-state index contributed by atoms with van der Waals surface area (Å²) in [5.74, 6) is 0. The van der Waals surface area contributed by atoms with Gasteiger partial charge in [-0.2, -0.15) is 0 Å². The lowest BCUT2D eigenvalue weighted by molar-refractivity contribution is -0.384. The third-order valence-corrected chi connectivity index (χ3v) is 2.62. The number of nitro benzene ring substituents is 1. The zero-order valence-electron chi connectivity index (χ0n) is 8.78. The highest BCUT2D eigenvalue weighted by molar-refractivity contribution is 6.32. The molecule has 1 rings (SSSR count). The fourth-order valence-corrected chi connectivity index (χ4v) is 1.55. The number of hydrogen-bond acceptors (Lipinski definition) is 5. The van der Waals surface area contributed by atoms with Crippen LogP contribution in [-0.2, 0) is 0 Å². The van der Waals surface area contributed by atoms with Gasteiger partial charge in [-0.15, -0.1) is 0 Å². The minimum absolute atomic E-state index is 0.0163. The minimum Gasteiger partial charge on any atom is -0.396 e. The molecule has 0 spiro atoms. The highest BCUT2D eigenvalue weighted by atomic mass is 35.5. The van der Waals surface area contributed by atoms with E-state index in [4.69, 9.17) is 16.7 Å². The first kappa shape index (κ1) is 13.9. The Hall–Kier alpha value is -1.21. The van der Waals surface area contributed by atoms with Gasteiger partial charge < -0.3 is 15.3 Å². The molecule has 0 heterocycles. The van der Waals surface area contributed by atoms with E-state index >= 15 is 0 Å². The van der Waals surface area contributed by atoms with Crippen molar-refractivity contribution in [1.29, 1.82) is 0 Å². The summed E-state index contributed by atoms with van der Waals surface area (Å²) in [5, 5.41) is 38.4. The normalized spacial score (nSPS) is 14.4. The van der Waals surface area contributed by atoms with E-state index < -0.39 is 17.1 Å². The van der Waals surface area contributed by atoms with Crippen molar-refractivity contribution in [3.8, 4) is 0 Å². The minimum atomic E-state index is -1.29. The summed E-state index contributed by atoms with van der Waals surface area (Å²) >= 11 is 5.61. The Morgan fingerprint density at radius 2 is 2.06 bits per heavy atom. The average molecular weight is 262 g/mol. The summed E-state index contributed by atoms with van der Waals surface area (Å²) in [6.45, 7) is -0.284. The molecular formula is C10H12ClNO5. The smallest absolute Gasteiger partial charge is 0.288 e. The summed E-state index contributed by atoms with van der Waals surface area (Å²) < 4.78 is 0. The van der Waals surface area contributed by atoms with Crippen LogP contribution in [0.5, 0.6) is 0 Å². The van der Waals surface area contributed by atoms with Crippen molar-refractivity contribution in [2.45, 2.75) is 18.6 Å². The van der Waals surface area contributed by atoms with Crippen molar-refractivity contribution in [3.63, 3.8) is 0 Å². The van der Waals surface area contributed by atoms with Gasteiger partial charge in [0.05, 0.1) is 11.0 Å². The molecular weight excluding hydrogens is 250 g/mol. The molecule has 0 saturated heterocycles. The maximum Gasteiger partial charge on any atom is 0.288 e. The van der Waals surface area contributed by atoms with Crippen LogP contribution in [0.4, 0.5) is 5.69 Å². The molecule has 0 aliphatic carbocycles. The molecule has 0 bridgehead atoms. The number of aliphatic hydroxyl groups excluding tert-OH is 3. The summed E-state index contributed by atoms with van der Waals surface area (Å²) in [6.07, 6.45) is -2.49. The Kier molecular flexibility index (Phi) is 4.83.